The number of hydrogen-bond donors (Lipinski definition) is 1. The van der Waals surface area contributed by atoms with Crippen LogP contribution in [0.2, 0.25) is 0 Å². The summed E-state index contributed by atoms with van der Waals surface area (Å²) in [6, 6.07) is 16.2. The zero-order valence-electron chi connectivity index (χ0n) is 19.4. The molecule has 0 atom stereocenters. The van der Waals surface area contributed by atoms with Crippen LogP contribution in [-0.4, -0.2) is 42.0 Å². The van der Waals surface area contributed by atoms with E-state index in [-0.39, 0.29) is 5.91 Å². The van der Waals surface area contributed by atoms with Gasteiger partial charge in [0.05, 0.1) is 18.7 Å². The third kappa shape index (κ3) is 7.14. The minimum atomic E-state index is -0.0699. The first-order valence-corrected chi connectivity index (χ1v) is 12.9. The van der Waals surface area contributed by atoms with Crippen molar-refractivity contribution in [3.63, 3.8) is 0 Å². The van der Waals surface area contributed by atoms with Crippen molar-refractivity contribution in [1.29, 1.82) is 0 Å². The summed E-state index contributed by atoms with van der Waals surface area (Å²) in [6.45, 7) is 6.38. The lowest BCUT2D eigenvalue weighted by molar-refractivity contribution is -0.115. The van der Waals surface area contributed by atoms with E-state index < -0.39 is 0 Å². The van der Waals surface area contributed by atoms with Gasteiger partial charge in [0, 0.05) is 17.5 Å². The molecule has 1 aliphatic rings. The van der Waals surface area contributed by atoms with Gasteiger partial charge in [-0.15, -0.1) is 11.3 Å². The first-order valence-electron chi connectivity index (χ1n) is 12.0. The molecule has 1 N–H and O–H groups in total. The maximum Gasteiger partial charge on any atom is 0.230 e. The molecule has 0 saturated carbocycles. The van der Waals surface area contributed by atoms with Gasteiger partial charge in [-0.25, -0.2) is 4.98 Å². The summed E-state index contributed by atoms with van der Waals surface area (Å²) < 4.78 is 5.94. The third-order valence-electron chi connectivity index (χ3n) is 6.01. The molecule has 0 radical (unpaired) electrons. The molecule has 0 aliphatic carbocycles. The van der Waals surface area contributed by atoms with Crippen LogP contribution < -0.4 is 10.1 Å². The number of hydrogen-bond acceptors (Lipinski definition) is 5. The van der Waals surface area contributed by atoms with Gasteiger partial charge in [-0.3, -0.25) is 4.79 Å². The van der Waals surface area contributed by atoms with Gasteiger partial charge < -0.3 is 15.0 Å². The summed E-state index contributed by atoms with van der Waals surface area (Å²) in [5.41, 5.74) is 4.19. The SMILES string of the molecule is CCc1ccc(-c2csc(NC(=O)Cc3cccc(OCCCN4CCCCC4)c3)n2)cc1. The fourth-order valence-corrected chi connectivity index (χ4v) is 4.87. The second-order valence-electron chi connectivity index (χ2n) is 8.57. The number of carbonyl (C=O) groups excluding carboxylic acids is 1. The molecule has 4 rings (SSSR count). The molecule has 1 aromatic heterocycles. The molecule has 0 bridgehead atoms. The molecule has 2 heterocycles. The standard InChI is InChI=1S/C27H33N3O2S/c1-2-21-10-12-23(13-11-21)25-20-33-27(28-25)29-26(31)19-22-8-6-9-24(18-22)32-17-7-16-30-14-4-3-5-15-30/h6,8-13,18,20H,2-5,7,14-17,19H2,1H3,(H,28,29,31). The number of aryl methyl sites for hydroxylation is 1. The van der Waals surface area contributed by atoms with Crippen LogP contribution >= 0.6 is 11.3 Å². The van der Waals surface area contributed by atoms with Crippen LogP contribution in [0.3, 0.4) is 0 Å². The zero-order chi connectivity index (χ0) is 22.9. The van der Waals surface area contributed by atoms with Gasteiger partial charge >= 0.3 is 0 Å². The van der Waals surface area contributed by atoms with Gasteiger partial charge in [0.2, 0.25) is 5.91 Å². The van der Waals surface area contributed by atoms with E-state index in [2.05, 4.69) is 46.4 Å². The molecule has 2 aromatic carbocycles. The van der Waals surface area contributed by atoms with E-state index in [1.807, 2.05) is 29.6 Å². The van der Waals surface area contributed by atoms with Crippen molar-refractivity contribution in [3.05, 3.63) is 65.0 Å². The molecule has 1 fully saturated rings. The second-order valence-corrected chi connectivity index (χ2v) is 9.42. The highest BCUT2D eigenvalue weighted by Crippen LogP contribution is 2.25. The first-order chi connectivity index (χ1) is 16.2. The topological polar surface area (TPSA) is 54.5 Å². The summed E-state index contributed by atoms with van der Waals surface area (Å²) in [5.74, 6) is 0.755. The summed E-state index contributed by atoms with van der Waals surface area (Å²) in [5, 5.41) is 5.54. The summed E-state index contributed by atoms with van der Waals surface area (Å²) >= 11 is 1.45. The number of thiazole rings is 1. The highest BCUT2D eigenvalue weighted by Gasteiger charge is 2.11. The maximum absolute atomic E-state index is 12.6. The van der Waals surface area contributed by atoms with Crippen LogP contribution in [0.25, 0.3) is 11.3 Å². The average Bonchev–Trinajstić information content (AvgIpc) is 3.31. The number of carbonyl (C=O) groups is 1. The Bertz CT molecular complexity index is 1030. The highest BCUT2D eigenvalue weighted by atomic mass is 32.1. The number of amides is 1. The normalized spacial score (nSPS) is 14.2. The second kappa shape index (κ2) is 12.0. The lowest BCUT2D eigenvalue weighted by Crippen LogP contribution is -2.31. The third-order valence-corrected chi connectivity index (χ3v) is 6.77. The van der Waals surface area contributed by atoms with Crippen LogP contribution in [0.5, 0.6) is 5.75 Å². The van der Waals surface area contributed by atoms with Gasteiger partial charge in [0.15, 0.2) is 5.13 Å². The van der Waals surface area contributed by atoms with Gasteiger partial charge in [-0.05, 0) is 62.0 Å². The van der Waals surface area contributed by atoms with Crippen molar-refractivity contribution < 1.29 is 9.53 Å². The Morgan fingerprint density at radius 3 is 2.70 bits per heavy atom. The van der Waals surface area contributed by atoms with Gasteiger partial charge in [-0.1, -0.05) is 49.7 Å². The molecule has 1 amide bonds. The first kappa shape index (κ1) is 23.5. The Morgan fingerprint density at radius 1 is 1.09 bits per heavy atom. The largest absolute Gasteiger partial charge is 0.494 e. The van der Waals surface area contributed by atoms with Crippen molar-refractivity contribution in [2.45, 2.75) is 45.4 Å². The number of nitrogens with zero attached hydrogens (tertiary/aromatic N) is 2. The number of ether oxygens (including phenoxy) is 1. The monoisotopic (exact) mass is 463 g/mol. The van der Waals surface area contributed by atoms with E-state index in [4.69, 9.17) is 4.74 Å². The van der Waals surface area contributed by atoms with Crippen LogP contribution in [0.1, 0.15) is 43.7 Å². The van der Waals surface area contributed by atoms with Gasteiger partial charge in [0.1, 0.15) is 5.75 Å². The number of benzene rings is 2. The molecule has 0 spiro atoms. The molecule has 174 valence electrons. The van der Waals surface area contributed by atoms with Crippen molar-refractivity contribution in [2.75, 3.05) is 31.6 Å². The molecule has 1 saturated heterocycles. The molecule has 5 nitrogen and oxygen atoms in total. The van der Waals surface area contributed by atoms with E-state index in [1.54, 1.807) is 0 Å². The van der Waals surface area contributed by atoms with E-state index >= 15 is 0 Å². The van der Waals surface area contributed by atoms with Crippen LogP contribution in [-0.2, 0) is 17.6 Å². The van der Waals surface area contributed by atoms with E-state index in [0.717, 1.165) is 42.0 Å². The Labute approximate surface area is 200 Å². The van der Waals surface area contributed by atoms with E-state index in [0.29, 0.717) is 18.2 Å². The minimum Gasteiger partial charge on any atom is -0.494 e. The number of piperidine rings is 1. The van der Waals surface area contributed by atoms with Crippen molar-refractivity contribution in [1.82, 2.24) is 9.88 Å². The Hall–Kier alpha value is -2.70. The van der Waals surface area contributed by atoms with Gasteiger partial charge in [-0.2, -0.15) is 0 Å². The summed E-state index contributed by atoms with van der Waals surface area (Å²) in [6.07, 6.45) is 6.34. The van der Waals surface area contributed by atoms with Crippen molar-refractivity contribution in [3.8, 4) is 17.0 Å². The minimum absolute atomic E-state index is 0.0699. The fraction of sp³-hybridized carbons (Fsp3) is 0.407. The zero-order valence-corrected chi connectivity index (χ0v) is 20.2. The molecule has 1 aliphatic heterocycles. The van der Waals surface area contributed by atoms with Crippen molar-refractivity contribution >= 4 is 22.4 Å². The predicted octanol–water partition coefficient (Wildman–Crippen LogP) is 5.81. The van der Waals surface area contributed by atoms with Crippen LogP contribution in [0.4, 0.5) is 5.13 Å². The molecule has 33 heavy (non-hydrogen) atoms. The highest BCUT2D eigenvalue weighted by molar-refractivity contribution is 7.14. The number of likely N-dealkylation sites (tertiary alicyclic amines) is 1. The fourth-order valence-electron chi connectivity index (χ4n) is 4.13. The van der Waals surface area contributed by atoms with Crippen molar-refractivity contribution in [2.24, 2.45) is 0 Å². The Morgan fingerprint density at radius 2 is 1.91 bits per heavy atom. The average molecular weight is 464 g/mol. The van der Waals surface area contributed by atoms with Crippen LogP contribution in [0, 0.1) is 0 Å². The number of rotatable bonds is 10. The van der Waals surface area contributed by atoms with E-state index in [1.165, 1.54) is 49.3 Å². The molecular formula is C27H33N3O2S. The molecule has 6 heteroatoms. The lowest BCUT2D eigenvalue weighted by atomic mass is 10.1. The summed E-state index contributed by atoms with van der Waals surface area (Å²) in [7, 11) is 0. The molecule has 3 aromatic rings. The maximum atomic E-state index is 12.6. The Kier molecular flexibility index (Phi) is 8.50. The number of aromatic nitrogens is 1. The summed E-state index contributed by atoms with van der Waals surface area (Å²) in [4.78, 5) is 19.7. The Balaban J connectivity index is 1.24. The van der Waals surface area contributed by atoms with Gasteiger partial charge in [0.25, 0.3) is 0 Å². The smallest absolute Gasteiger partial charge is 0.230 e. The quantitative estimate of drug-likeness (QED) is 0.386. The van der Waals surface area contributed by atoms with Crippen LogP contribution in [0.15, 0.2) is 53.9 Å². The molecular weight excluding hydrogens is 430 g/mol. The molecule has 0 unspecified atom stereocenters. The number of anilines is 1. The predicted molar refractivity (Wildman–Crippen MR) is 136 cm³/mol. The lowest BCUT2D eigenvalue weighted by Gasteiger charge is -2.26. The number of nitrogens with one attached hydrogen (secondary N) is 1. The van der Waals surface area contributed by atoms with E-state index in [9.17, 15) is 4.79 Å².